The van der Waals surface area contributed by atoms with Crippen molar-refractivity contribution in [1.29, 1.82) is 0 Å². The molecule has 0 spiro atoms. The van der Waals surface area contributed by atoms with Crippen molar-refractivity contribution in [1.82, 2.24) is 4.98 Å². The van der Waals surface area contributed by atoms with Gasteiger partial charge in [0.2, 0.25) is 0 Å². The number of hydrogen-bond donors (Lipinski definition) is 1. The van der Waals surface area contributed by atoms with E-state index in [0.29, 0.717) is 5.52 Å². The molecule has 2 aromatic rings. The van der Waals surface area contributed by atoms with Crippen LogP contribution < -0.4 is 4.90 Å². The Hall–Kier alpha value is -1.77. The zero-order valence-corrected chi connectivity index (χ0v) is 9.15. The van der Waals surface area contributed by atoms with E-state index in [9.17, 15) is 5.11 Å². The van der Waals surface area contributed by atoms with Crippen molar-refractivity contribution in [2.24, 2.45) is 0 Å². The first-order chi connectivity index (χ1) is 7.09. The third kappa shape index (κ3) is 1.61. The zero-order chi connectivity index (χ0) is 11.0. The monoisotopic (exact) mass is 202 g/mol. The highest BCUT2D eigenvalue weighted by atomic mass is 16.3. The van der Waals surface area contributed by atoms with E-state index < -0.39 is 0 Å². The van der Waals surface area contributed by atoms with Gasteiger partial charge < -0.3 is 10.0 Å². The van der Waals surface area contributed by atoms with Crippen molar-refractivity contribution in [3.8, 4) is 5.75 Å². The van der Waals surface area contributed by atoms with E-state index in [1.54, 1.807) is 6.07 Å². The molecular weight excluding hydrogens is 188 g/mol. The fraction of sp³-hybridized carbons (Fsp3) is 0.250. The van der Waals surface area contributed by atoms with Crippen LogP contribution in [0.1, 0.15) is 5.56 Å². The average molecular weight is 202 g/mol. The first-order valence-corrected chi connectivity index (χ1v) is 4.86. The molecule has 0 saturated heterocycles. The third-order valence-corrected chi connectivity index (χ3v) is 2.47. The smallest absolute Gasteiger partial charge is 0.141 e. The molecule has 0 aliphatic heterocycles. The van der Waals surface area contributed by atoms with E-state index in [0.717, 1.165) is 16.8 Å². The molecule has 1 N–H and O–H groups in total. The van der Waals surface area contributed by atoms with Gasteiger partial charge in [0.25, 0.3) is 0 Å². The minimum Gasteiger partial charge on any atom is -0.506 e. The molecule has 0 fully saturated rings. The minimum absolute atomic E-state index is 0.235. The number of phenols is 1. The molecule has 0 saturated carbocycles. The Morgan fingerprint density at radius 1 is 1.27 bits per heavy atom. The van der Waals surface area contributed by atoms with E-state index in [-0.39, 0.29) is 5.75 Å². The van der Waals surface area contributed by atoms with Gasteiger partial charge in [0.1, 0.15) is 17.1 Å². The largest absolute Gasteiger partial charge is 0.506 e. The molecule has 1 heterocycles. The van der Waals surface area contributed by atoms with E-state index in [1.165, 1.54) is 0 Å². The number of nitrogens with zero attached hydrogens (tertiary/aromatic N) is 2. The molecule has 0 amide bonds. The number of aryl methyl sites for hydroxylation is 1. The van der Waals surface area contributed by atoms with E-state index >= 15 is 0 Å². The maximum absolute atomic E-state index is 9.72. The molecule has 3 heteroatoms. The van der Waals surface area contributed by atoms with Crippen molar-refractivity contribution in [3.05, 3.63) is 29.8 Å². The Balaban J connectivity index is 2.80. The van der Waals surface area contributed by atoms with Crippen molar-refractivity contribution in [2.75, 3.05) is 19.0 Å². The minimum atomic E-state index is 0.235. The molecule has 0 aliphatic carbocycles. The Kier molecular flexibility index (Phi) is 2.23. The molecule has 0 unspecified atom stereocenters. The van der Waals surface area contributed by atoms with Crippen LogP contribution in [-0.2, 0) is 0 Å². The van der Waals surface area contributed by atoms with Crippen LogP contribution in [0, 0.1) is 6.92 Å². The van der Waals surface area contributed by atoms with Gasteiger partial charge in [-0.3, -0.25) is 0 Å². The third-order valence-electron chi connectivity index (χ3n) is 2.47. The van der Waals surface area contributed by atoms with Gasteiger partial charge in [-0.25, -0.2) is 4.98 Å². The fourth-order valence-corrected chi connectivity index (χ4v) is 1.61. The summed E-state index contributed by atoms with van der Waals surface area (Å²) in [5.74, 6) is 1.10. The molecule has 2 rings (SSSR count). The summed E-state index contributed by atoms with van der Waals surface area (Å²) in [4.78, 5) is 6.34. The first kappa shape index (κ1) is 9.77. The normalized spacial score (nSPS) is 10.6. The Labute approximate surface area is 89.0 Å². The summed E-state index contributed by atoms with van der Waals surface area (Å²) in [5.41, 5.74) is 1.79. The standard InChI is InChI=1S/C12H14N2O/c1-8-7-11(14(2)3)13-12-9(8)5-4-6-10(12)15/h4-7,15H,1-3H3. The van der Waals surface area contributed by atoms with Gasteiger partial charge in [0.15, 0.2) is 0 Å². The van der Waals surface area contributed by atoms with Gasteiger partial charge in [0.05, 0.1) is 0 Å². The second kappa shape index (κ2) is 3.42. The highest BCUT2D eigenvalue weighted by molar-refractivity contribution is 5.88. The van der Waals surface area contributed by atoms with Crippen LogP contribution >= 0.6 is 0 Å². The number of phenolic OH excluding ortho intramolecular Hbond substituents is 1. The van der Waals surface area contributed by atoms with Crippen molar-refractivity contribution < 1.29 is 5.11 Å². The summed E-state index contributed by atoms with van der Waals surface area (Å²) < 4.78 is 0. The maximum Gasteiger partial charge on any atom is 0.141 e. The van der Waals surface area contributed by atoms with Crippen LogP contribution in [-0.4, -0.2) is 24.2 Å². The molecule has 1 aromatic heterocycles. The molecule has 3 nitrogen and oxygen atoms in total. The summed E-state index contributed by atoms with van der Waals surface area (Å²) in [5, 5.41) is 10.7. The van der Waals surface area contributed by atoms with Gasteiger partial charge >= 0.3 is 0 Å². The molecule has 0 aliphatic rings. The number of aromatic hydroxyl groups is 1. The molecule has 0 bridgehead atoms. The number of hydrogen-bond acceptors (Lipinski definition) is 3. The lowest BCUT2D eigenvalue weighted by Crippen LogP contribution is -2.10. The maximum atomic E-state index is 9.72. The Morgan fingerprint density at radius 3 is 2.67 bits per heavy atom. The molecule has 15 heavy (non-hydrogen) atoms. The Bertz CT molecular complexity index is 506. The van der Waals surface area contributed by atoms with Crippen molar-refractivity contribution in [3.63, 3.8) is 0 Å². The fourth-order valence-electron chi connectivity index (χ4n) is 1.61. The number of rotatable bonds is 1. The SMILES string of the molecule is Cc1cc(N(C)C)nc2c(O)cccc12. The lowest BCUT2D eigenvalue weighted by atomic mass is 10.1. The van der Waals surface area contributed by atoms with E-state index in [4.69, 9.17) is 0 Å². The number of fused-ring (bicyclic) bond motifs is 1. The summed E-state index contributed by atoms with van der Waals surface area (Å²) in [6.45, 7) is 2.02. The molecule has 0 radical (unpaired) electrons. The van der Waals surface area contributed by atoms with E-state index in [2.05, 4.69) is 4.98 Å². The Morgan fingerprint density at radius 2 is 2.00 bits per heavy atom. The van der Waals surface area contributed by atoms with Crippen LogP contribution in [0.5, 0.6) is 5.75 Å². The molecule has 0 atom stereocenters. The number of para-hydroxylation sites is 1. The van der Waals surface area contributed by atoms with Gasteiger partial charge in [-0.1, -0.05) is 12.1 Å². The topological polar surface area (TPSA) is 36.4 Å². The van der Waals surface area contributed by atoms with Crippen LogP contribution in [0.25, 0.3) is 10.9 Å². The zero-order valence-electron chi connectivity index (χ0n) is 9.15. The summed E-state index contributed by atoms with van der Waals surface area (Å²) in [6.07, 6.45) is 0. The lowest BCUT2D eigenvalue weighted by molar-refractivity contribution is 0.480. The van der Waals surface area contributed by atoms with Crippen molar-refractivity contribution >= 4 is 16.7 Å². The van der Waals surface area contributed by atoms with E-state index in [1.807, 2.05) is 44.1 Å². The van der Waals surface area contributed by atoms with Crippen molar-refractivity contribution in [2.45, 2.75) is 6.92 Å². The highest BCUT2D eigenvalue weighted by Gasteiger charge is 2.06. The first-order valence-electron chi connectivity index (χ1n) is 4.86. The quantitative estimate of drug-likeness (QED) is 0.771. The van der Waals surface area contributed by atoms with Gasteiger partial charge in [-0.2, -0.15) is 0 Å². The number of anilines is 1. The average Bonchev–Trinajstić information content (AvgIpc) is 2.19. The van der Waals surface area contributed by atoms with Gasteiger partial charge in [-0.05, 0) is 24.6 Å². The number of benzene rings is 1. The molecule has 1 aromatic carbocycles. The van der Waals surface area contributed by atoms with Crippen LogP contribution in [0.15, 0.2) is 24.3 Å². The second-order valence-electron chi connectivity index (χ2n) is 3.87. The second-order valence-corrected chi connectivity index (χ2v) is 3.87. The summed E-state index contributed by atoms with van der Waals surface area (Å²) in [6, 6.07) is 7.48. The molecule has 78 valence electrons. The molecular formula is C12H14N2O. The number of pyridine rings is 1. The number of aromatic nitrogens is 1. The predicted octanol–water partition coefficient (Wildman–Crippen LogP) is 2.31. The lowest BCUT2D eigenvalue weighted by Gasteiger charge is -2.13. The predicted molar refractivity (Wildman–Crippen MR) is 62.5 cm³/mol. The van der Waals surface area contributed by atoms with Crippen LogP contribution in [0.3, 0.4) is 0 Å². The van der Waals surface area contributed by atoms with Gasteiger partial charge in [0, 0.05) is 19.5 Å². The highest BCUT2D eigenvalue weighted by Crippen LogP contribution is 2.27. The van der Waals surface area contributed by atoms with Crippen LogP contribution in [0.2, 0.25) is 0 Å². The summed E-state index contributed by atoms with van der Waals surface area (Å²) in [7, 11) is 3.88. The summed E-state index contributed by atoms with van der Waals surface area (Å²) >= 11 is 0. The van der Waals surface area contributed by atoms with Gasteiger partial charge in [-0.15, -0.1) is 0 Å². The van der Waals surface area contributed by atoms with Crippen LogP contribution in [0.4, 0.5) is 5.82 Å².